The number of hydrogen-bond acceptors (Lipinski definition) is 4. The average Bonchev–Trinajstić information content (AvgIpc) is 3.38. The van der Waals surface area contributed by atoms with E-state index in [1.165, 1.54) is 0 Å². The first-order chi connectivity index (χ1) is 16.9. The van der Waals surface area contributed by atoms with E-state index in [1.54, 1.807) is 34.1 Å². The number of fused-ring (bicyclic) bond motifs is 2. The molecule has 5 rings (SSSR count). The van der Waals surface area contributed by atoms with Gasteiger partial charge in [-0.3, -0.25) is 24.1 Å². The number of benzene rings is 2. The van der Waals surface area contributed by atoms with E-state index < -0.39 is 17.9 Å². The predicted octanol–water partition coefficient (Wildman–Crippen LogP) is 2.70. The van der Waals surface area contributed by atoms with Crippen molar-refractivity contribution in [2.24, 2.45) is 5.92 Å². The van der Waals surface area contributed by atoms with Crippen molar-refractivity contribution < 1.29 is 19.2 Å². The van der Waals surface area contributed by atoms with Crippen LogP contribution in [0.4, 0.5) is 0 Å². The molecule has 2 aliphatic rings. The van der Waals surface area contributed by atoms with E-state index in [0.29, 0.717) is 43.7 Å². The summed E-state index contributed by atoms with van der Waals surface area (Å²) in [5.74, 6) is -1.33. The second kappa shape index (κ2) is 9.02. The van der Waals surface area contributed by atoms with Crippen LogP contribution in [-0.4, -0.2) is 75.5 Å². The van der Waals surface area contributed by atoms with Crippen LogP contribution in [0.25, 0.3) is 10.9 Å². The molecule has 4 amide bonds. The normalized spacial score (nSPS) is 16.8. The highest BCUT2D eigenvalue weighted by Crippen LogP contribution is 2.28. The molecule has 1 saturated heterocycles. The van der Waals surface area contributed by atoms with Crippen LogP contribution in [0, 0.1) is 5.92 Å². The molecule has 1 N–H and O–H groups in total. The fourth-order valence-corrected chi connectivity index (χ4v) is 5.07. The Labute approximate surface area is 203 Å². The summed E-state index contributed by atoms with van der Waals surface area (Å²) in [6, 6.07) is 13.7. The maximum atomic E-state index is 13.5. The minimum atomic E-state index is -0.879. The maximum absolute atomic E-state index is 13.5. The third kappa shape index (κ3) is 3.99. The van der Waals surface area contributed by atoms with Crippen molar-refractivity contribution in [1.82, 2.24) is 19.7 Å². The van der Waals surface area contributed by atoms with Gasteiger partial charge in [0.1, 0.15) is 6.04 Å². The lowest BCUT2D eigenvalue weighted by atomic mass is 10.0. The van der Waals surface area contributed by atoms with Crippen LogP contribution in [0.15, 0.2) is 54.7 Å². The van der Waals surface area contributed by atoms with Crippen molar-refractivity contribution >= 4 is 34.5 Å². The first-order valence-electron chi connectivity index (χ1n) is 11.9. The molecule has 1 fully saturated rings. The van der Waals surface area contributed by atoms with Gasteiger partial charge in [0.2, 0.25) is 11.8 Å². The number of nitrogens with zero attached hydrogens (tertiary/aromatic N) is 3. The summed E-state index contributed by atoms with van der Waals surface area (Å²) in [4.78, 5) is 60.3. The third-order valence-corrected chi connectivity index (χ3v) is 6.95. The van der Waals surface area contributed by atoms with Crippen LogP contribution in [0.3, 0.4) is 0 Å². The molecule has 35 heavy (non-hydrogen) atoms. The van der Waals surface area contributed by atoms with Gasteiger partial charge in [-0.15, -0.1) is 0 Å². The van der Waals surface area contributed by atoms with Gasteiger partial charge in [0.05, 0.1) is 17.5 Å². The molecule has 0 aliphatic carbocycles. The largest absolute Gasteiger partial charge is 0.361 e. The topological polar surface area (TPSA) is 93.8 Å². The highest BCUT2D eigenvalue weighted by Gasteiger charge is 2.45. The van der Waals surface area contributed by atoms with E-state index in [2.05, 4.69) is 4.98 Å². The minimum Gasteiger partial charge on any atom is -0.361 e. The summed E-state index contributed by atoms with van der Waals surface area (Å²) in [5.41, 5.74) is 2.63. The summed E-state index contributed by atoms with van der Waals surface area (Å²) in [7, 11) is 0. The standard InChI is InChI=1S/C27H28N4O4/c1-17(2)24(31-25(33)20-8-3-4-9-21(20)26(31)34)27(35)30-13-11-29(12-14-30)23(32)15-18-16-28-22-10-6-5-7-19(18)22/h3-10,16-17,24,28H,11-15H2,1-2H3. The van der Waals surface area contributed by atoms with Gasteiger partial charge >= 0.3 is 0 Å². The molecule has 8 heteroatoms. The number of aromatic amines is 1. The number of para-hydroxylation sites is 1. The molecule has 0 bridgehead atoms. The Balaban J connectivity index is 1.25. The van der Waals surface area contributed by atoms with Crippen molar-refractivity contribution in [2.75, 3.05) is 26.2 Å². The number of carbonyl (C=O) groups excluding carboxylic acids is 4. The van der Waals surface area contributed by atoms with Crippen molar-refractivity contribution in [3.8, 4) is 0 Å². The molecule has 2 aliphatic heterocycles. The van der Waals surface area contributed by atoms with Gasteiger partial charge in [0.15, 0.2) is 0 Å². The lowest BCUT2D eigenvalue weighted by molar-refractivity contribution is -0.142. The zero-order chi connectivity index (χ0) is 24.7. The van der Waals surface area contributed by atoms with E-state index in [9.17, 15) is 19.2 Å². The fraction of sp³-hybridized carbons (Fsp3) is 0.333. The molecule has 180 valence electrons. The van der Waals surface area contributed by atoms with Crippen LogP contribution in [0.2, 0.25) is 0 Å². The van der Waals surface area contributed by atoms with Crippen LogP contribution >= 0.6 is 0 Å². The Bertz CT molecular complexity index is 1280. The first kappa shape index (κ1) is 22.8. The van der Waals surface area contributed by atoms with Crippen molar-refractivity contribution in [3.05, 3.63) is 71.4 Å². The van der Waals surface area contributed by atoms with Gasteiger partial charge in [0, 0.05) is 43.3 Å². The summed E-state index contributed by atoms with van der Waals surface area (Å²) >= 11 is 0. The summed E-state index contributed by atoms with van der Waals surface area (Å²) in [6.45, 7) is 5.25. The quantitative estimate of drug-likeness (QED) is 0.578. The Kier molecular flexibility index (Phi) is 5.88. The van der Waals surface area contributed by atoms with Crippen molar-refractivity contribution in [1.29, 1.82) is 0 Å². The molecule has 1 unspecified atom stereocenters. The van der Waals surface area contributed by atoms with Gasteiger partial charge < -0.3 is 14.8 Å². The molecule has 0 saturated carbocycles. The molecule has 3 aromatic rings. The number of amides is 4. The molecule has 1 atom stereocenters. The van der Waals surface area contributed by atoms with E-state index in [4.69, 9.17) is 0 Å². The smallest absolute Gasteiger partial charge is 0.262 e. The minimum absolute atomic E-state index is 0.0163. The maximum Gasteiger partial charge on any atom is 0.262 e. The molecule has 0 radical (unpaired) electrons. The molecule has 1 aromatic heterocycles. The molecule has 8 nitrogen and oxygen atoms in total. The van der Waals surface area contributed by atoms with Crippen LogP contribution in [0.1, 0.15) is 40.1 Å². The van der Waals surface area contributed by atoms with Gasteiger partial charge in [-0.1, -0.05) is 44.2 Å². The number of nitrogens with one attached hydrogen (secondary N) is 1. The number of imide groups is 1. The van der Waals surface area contributed by atoms with Gasteiger partial charge in [-0.2, -0.15) is 0 Å². The fourth-order valence-electron chi connectivity index (χ4n) is 5.07. The Morgan fingerprint density at radius 3 is 2.06 bits per heavy atom. The zero-order valence-corrected chi connectivity index (χ0v) is 19.9. The molecular weight excluding hydrogens is 444 g/mol. The van der Waals surface area contributed by atoms with Gasteiger partial charge in [-0.25, -0.2) is 0 Å². The second-order valence-corrected chi connectivity index (χ2v) is 9.46. The number of aromatic nitrogens is 1. The molecular formula is C27H28N4O4. The highest BCUT2D eigenvalue weighted by molar-refractivity contribution is 6.22. The Morgan fingerprint density at radius 1 is 0.857 bits per heavy atom. The first-order valence-corrected chi connectivity index (χ1v) is 11.9. The molecule has 3 heterocycles. The van der Waals surface area contributed by atoms with Crippen molar-refractivity contribution in [3.63, 3.8) is 0 Å². The third-order valence-electron chi connectivity index (χ3n) is 6.95. The SMILES string of the molecule is CC(C)C(C(=O)N1CCN(C(=O)Cc2c[nH]c3ccccc23)CC1)N1C(=O)c2ccccc2C1=O. The molecule has 2 aromatic carbocycles. The Hall–Kier alpha value is -3.94. The number of hydrogen-bond donors (Lipinski definition) is 1. The summed E-state index contributed by atoms with van der Waals surface area (Å²) < 4.78 is 0. The van der Waals surface area contributed by atoms with E-state index in [1.807, 2.05) is 44.3 Å². The monoisotopic (exact) mass is 472 g/mol. The van der Waals surface area contributed by atoms with E-state index in [-0.39, 0.29) is 17.7 Å². The Morgan fingerprint density at radius 2 is 1.43 bits per heavy atom. The predicted molar refractivity (Wildman–Crippen MR) is 131 cm³/mol. The zero-order valence-electron chi connectivity index (χ0n) is 19.9. The van der Waals surface area contributed by atoms with E-state index in [0.717, 1.165) is 21.4 Å². The average molecular weight is 473 g/mol. The van der Waals surface area contributed by atoms with Crippen molar-refractivity contribution in [2.45, 2.75) is 26.3 Å². The summed E-state index contributed by atoms with van der Waals surface area (Å²) in [6.07, 6.45) is 2.17. The number of piperazine rings is 1. The van der Waals surface area contributed by atoms with Gasteiger partial charge in [-0.05, 0) is 29.7 Å². The lowest BCUT2D eigenvalue weighted by Gasteiger charge is -2.39. The van der Waals surface area contributed by atoms with E-state index >= 15 is 0 Å². The second-order valence-electron chi connectivity index (χ2n) is 9.46. The number of rotatable bonds is 5. The number of H-pyrrole nitrogens is 1. The molecule has 0 spiro atoms. The lowest BCUT2D eigenvalue weighted by Crippen LogP contribution is -2.58. The van der Waals surface area contributed by atoms with Crippen LogP contribution in [-0.2, 0) is 16.0 Å². The highest BCUT2D eigenvalue weighted by atomic mass is 16.2. The van der Waals surface area contributed by atoms with Crippen LogP contribution in [0.5, 0.6) is 0 Å². The summed E-state index contributed by atoms with van der Waals surface area (Å²) in [5, 5.41) is 1.04. The van der Waals surface area contributed by atoms with Gasteiger partial charge in [0.25, 0.3) is 11.8 Å². The number of carbonyl (C=O) groups is 4. The van der Waals surface area contributed by atoms with Crippen LogP contribution < -0.4 is 0 Å².